The molecule has 0 spiro atoms. The van der Waals surface area contributed by atoms with Gasteiger partial charge in [0.25, 0.3) is 0 Å². The van der Waals surface area contributed by atoms with Gasteiger partial charge in [0.1, 0.15) is 0 Å². The Morgan fingerprint density at radius 2 is 1.39 bits per heavy atom. The van der Waals surface area contributed by atoms with E-state index in [1.165, 1.54) is 89.9 Å². The first-order chi connectivity index (χ1) is 15.1. The van der Waals surface area contributed by atoms with Crippen LogP contribution in [0, 0.1) is 23.7 Å². The molecular formula is C28H50O3. The highest BCUT2D eigenvalue weighted by Gasteiger charge is 2.30. The van der Waals surface area contributed by atoms with Gasteiger partial charge < -0.3 is 9.84 Å². The summed E-state index contributed by atoms with van der Waals surface area (Å²) in [5.41, 5.74) is 0.341. The summed E-state index contributed by atoms with van der Waals surface area (Å²) in [7, 11) is 0. The summed E-state index contributed by atoms with van der Waals surface area (Å²) in [4.78, 5) is 10.7. The lowest BCUT2D eigenvalue weighted by molar-refractivity contribution is -0.132. The van der Waals surface area contributed by atoms with E-state index in [1.54, 1.807) is 0 Å². The molecule has 0 atom stereocenters. The Balaban J connectivity index is 1.42. The SMILES string of the molecule is C=C(CCCCCCCOC[C@H]1CC[C@H]([C@H]2CC[C@H](CCCCC)CC2)CC1)C(=O)O. The summed E-state index contributed by atoms with van der Waals surface area (Å²) >= 11 is 0. The summed E-state index contributed by atoms with van der Waals surface area (Å²) < 4.78 is 6.00. The van der Waals surface area contributed by atoms with E-state index in [-0.39, 0.29) is 0 Å². The topological polar surface area (TPSA) is 46.5 Å². The van der Waals surface area contributed by atoms with Gasteiger partial charge in [-0.25, -0.2) is 4.79 Å². The average molecular weight is 435 g/mol. The third-order valence-corrected chi connectivity index (χ3v) is 8.09. The molecule has 2 aliphatic rings. The van der Waals surface area contributed by atoms with Gasteiger partial charge in [0, 0.05) is 18.8 Å². The van der Waals surface area contributed by atoms with Crippen LogP contribution in [0.2, 0.25) is 0 Å². The van der Waals surface area contributed by atoms with Gasteiger partial charge in [-0.2, -0.15) is 0 Å². The Labute approximate surface area is 192 Å². The molecule has 0 amide bonds. The number of carboxylic acid groups (broad SMARTS) is 1. The van der Waals surface area contributed by atoms with Gasteiger partial charge in [-0.15, -0.1) is 0 Å². The molecule has 2 fully saturated rings. The monoisotopic (exact) mass is 434 g/mol. The molecule has 0 aromatic heterocycles. The number of aliphatic carboxylic acids is 1. The molecule has 0 aliphatic heterocycles. The molecule has 3 nitrogen and oxygen atoms in total. The molecule has 0 saturated heterocycles. The number of carbonyl (C=O) groups is 1. The molecule has 1 N–H and O–H groups in total. The van der Waals surface area contributed by atoms with Gasteiger partial charge in [-0.1, -0.05) is 71.3 Å². The maximum atomic E-state index is 10.7. The minimum atomic E-state index is -0.854. The molecule has 0 unspecified atom stereocenters. The first-order valence-corrected chi connectivity index (χ1v) is 13.6. The smallest absolute Gasteiger partial charge is 0.330 e. The van der Waals surface area contributed by atoms with Crippen LogP contribution in [0.3, 0.4) is 0 Å². The minimum Gasteiger partial charge on any atom is -0.478 e. The number of hydrogen-bond acceptors (Lipinski definition) is 2. The van der Waals surface area contributed by atoms with Crippen LogP contribution >= 0.6 is 0 Å². The largest absolute Gasteiger partial charge is 0.478 e. The second kappa shape index (κ2) is 15.9. The van der Waals surface area contributed by atoms with E-state index in [2.05, 4.69) is 13.5 Å². The molecule has 2 saturated carbocycles. The second-order valence-electron chi connectivity index (χ2n) is 10.6. The van der Waals surface area contributed by atoms with E-state index in [1.807, 2.05) is 0 Å². The molecule has 3 heteroatoms. The zero-order valence-electron chi connectivity index (χ0n) is 20.4. The average Bonchev–Trinajstić information content (AvgIpc) is 2.79. The van der Waals surface area contributed by atoms with Crippen molar-refractivity contribution in [2.24, 2.45) is 23.7 Å². The van der Waals surface area contributed by atoms with Crippen molar-refractivity contribution in [3.63, 3.8) is 0 Å². The molecule has 2 aliphatic carbocycles. The maximum Gasteiger partial charge on any atom is 0.330 e. The molecule has 31 heavy (non-hydrogen) atoms. The van der Waals surface area contributed by atoms with Crippen LogP contribution in [0.1, 0.15) is 122 Å². The quantitative estimate of drug-likeness (QED) is 0.197. The predicted molar refractivity (Wildman–Crippen MR) is 130 cm³/mol. The van der Waals surface area contributed by atoms with Gasteiger partial charge in [-0.05, 0) is 81.5 Å². The molecule has 2 rings (SSSR count). The lowest BCUT2D eigenvalue weighted by atomic mass is 9.69. The summed E-state index contributed by atoms with van der Waals surface area (Å²) in [6.07, 6.45) is 23.6. The fraction of sp³-hybridized carbons (Fsp3) is 0.893. The maximum absolute atomic E-state index is 10.7. The lowest BCUT2D eigenvalue weighted by Gasteiger charge is -2.38. The summed E-state index contributed by atoms with van der Waals surface area (Å²) in [5.74, 6) is 3.01. The van der Waals surface area contributed by atoms with Crippen LogP contribution in [-0.4, -0.2) is 24.3 Å². The van der Waals surface area contributed by atoms with Crippen molar-refractivity contribution < 1.29 is 14.6 Å². The Morgan fingerprint density at radius 3 is 2.00 bits per heavy atom. The fourth-order valence-corrected chi connectivity index (χ4v) is 5.89. The first-order valence-electron chi connectivity index (χ1n) is 13.6. The van der Waals surface area contributed by atoms with E-state index < -0.39 is 5.97 Å². The lowest BCUT2D eigenvalue weighted by Crippen LogP contribution is -2.27. The Kier molecular flexibility index (Phi) is 13.5. The third-order valence-electron chi connectivity index (χ3n) is 8.09. The van der Waals surface area contributed by atoms with E-state index >= 15 is 0 Å². The fourth-order valence-electron chi connectivity index (χ4n) is 5.89. The van der Waals surface area contributed by atoms with E-state index in [0.29, 0.717) is 12.0 Å². The van der Waals surface area contributed by atoms with Crippen LogP contribution in [-0.2, 0) is 9.53 Å². The van der Waals surface area contributed by atoms with Crippen LogP contribution < -0.4 is 0 Å². The second-order valence-corrected chi connectivity index (χ2v) is 10.6. The Hall–Kier alpha value is -0.830. The normalized spacial score (nSPS) is 26.6. The van der Waals surface area contributed by atoms with Crippen molar-refractivity contribution in [1.29, 1.82) is 0 Å². The molecule has 0 heterocycles. The molecular weight excluding hydrogens is 384 g/mol. The van der Waals surface area contributed by atoms with Crippen LogP contribution in [0.5, 0.6) is 0 Å². The molecule has 0 radical (unpaired) electrons. The number of carboxylic acids is 1. The highest BCUT2D eigenvalue weighted by molar-refractivity contribution is 5.85. The van der Waals surface area contributed by atoms with Gasteiger partial charge in [0.15, 0.2) is 0 Å². The Bertz CT molecular complexity index is 484. The van der Waals surface area contributed by atoms with Gasteiger partial charge >= 0.3 is 5.97 Å². The molecule has 0 aromatic rings. The summed E-state index contributed by atoms with van der Waals surface area (Å²) in [6.45, 7) is 7.76. The van der Waals surface area contributed by atoms with Gasteiger partial charge in [-0.3, -0.25) is 0 Å². The summed E-state index contributed by atoms with van der Waals surface area (Å²) in [5, 5.41) is 8.80. The van der Waals surface area contributed by atoms with Crippen molar-refractivity contribution in [2.45, 2.75) is 122 Å². The highest BCUT2D eigenvalue weighted by Crippen LogP contribution is 2.42. The number of unbranched alkanes of at least 4 members (excludes halogenated alkanes) is 6. The van der Waals surface area contributed by atoms with Crippen molar-refractivity contribution >= 4 is 5.97 Å². The minimum absolute atomic E-state index is 0.341. The number of rotatable bonds is 16. The zero-order chi connectivity index (χ0) is 22.3. The van der Waals surface area contributed by atoms with Crippen molar-refractivity contribution in [3.8, 4) is 0 Å². The van der Waals surface area contributed by atoms with E-state index in [0.717, 1.165) is 56.1 Å². The number of hydrogen-bond donors (Lipinski definition) is 1. The zero-order valence-corrected chi connectivity index (χ0v) is 20.4. The van der Waals surface area contributed by atoms with Crippen molar-refractivity contribution in [2.75, 3.05) is 13.2 Å². The molecule has 0 aromatic carbocycles. The van der Waals surface area contributed by atoms with Crippen molar-refractivity contribution in [1.82, 2.24) is 0 Å². The highest BCUT2D eigenvalue weighted by atomic mass is 16.5. The summed E-state index contributed by atoms with van der Waals surface area (Å²) in [6, 6.07) is 0. The van der Waals surface area contributed by atoms with Crippen LogP contribution in [0.4, 0.5) is 0 Å². The molecule has 180 valence electrons. The third kappa shape index (κ3) is 11.0. The number of ether oxygens (including phenoxy) is 1. The van der Waals surface area contributed by atoms with Crippen molar-refractivity contribution in [3.05, 3.63) is 12.2 Å². The van der Waals surface area contributed by atoms with Crippen LogP contribution in [0.25, 0.3) is 0 Å². The first kappa shape index (κ1) is 26.4. The predicted octanol–water partition coefficient (Wildman–Crippen LogP) is 8.18. The van der Waals surface area contributed by atoms with Gasteiger partial charge in [0.05, 0.1) is 0 Å². The van der Waals surface area contributed by atoms with Gasteiger partial charge in [0.2, 0.25) is 0 Å². The Morgan fingerprint density at radius 1 is 0.806 bits per heavy atom. The van der Waals surface area contributed by atoms with E-state index in [9.17, 15) is 4.79 Å². The van der Waals surface area contributed by atoms with E-state index in [4.69, 9.17) is 9.84 Å². The molecule has 0 bridgehead atoms. The van der Waals surface area contributed by atoms with Crippen LogP contribution in [0.15, 0.2) is 12.2 Å². The standard InChI is InChI=1S/C28H50O3/c1-3-4-8-12-24-13-17-26(18-14-24)27-19-15-25(16-20-27)22-31-21-10-7-5-6-9-11-23(2)28(29)30/h24-27H,2-22H2,1H3,(H,29,30)/t24-,25-,26-,27-.